The molecule has 0 saturated carbocycles. The van der Waals surface area contributed by atoms with E-state index < -0.39 is 0 Å². The van der Waals surface area contributed by atoms with Crippen LogP contribution in [0.1, 0.15) is 0 Å². The molecule has 0 fully saturated rings. The third kappa shape index (κ3) is 7.05. The predicted molar refractivity (Wildman–Crippen MR) is 317 cm³/mol. The predicted octanol–water partition coefficient (Wildman–Crippen LogP) is 19.3. The summed E-state index contributed by atoms with van der Waals surface area (Å²) < 4.78 is 7.33. The van der Waals surface area contributed by atoms with Crippen LogP contribution in [-0.2, 0) is 0 Å². The van der Waals surface area contributed by atoms with E-state index in [0.717, 1.165) is 39.3 Å². The van der Waals surface area contributed by atoms with Gasteiger partial charge in [-0.3, -0.25) is 0 Å². The number of fused-ring (bicyclic) bond motifs is 9. The van der Waals surface area contributed by atoms with Gasteiger partial charge in [-0.1, -0.05) is 194 Å². The largest absolute Gasteiger partial charge is 0.309 e. The van der Waals surface area contributed by atoms with Crippen LogP contribution < -0.4 is 0 Å². The van der Waals surface area contributed by atoms with Crippen molar-refractivity contribution in [2.75, 3.05) is 0 Å². The van der Waals surface area contributed by atoms with E-state index in [-0.39, 0.29) is 0 Å². The average molecular weight is 954 g/mol. The monoisotopic (exact) mass is 953 g/mol. The molecule has 0 aliphatic heterocycles. The quantitative estimate of drug-likeness (QED) is 0.144. The summed E-state index contributed by atoms with van der Waals surface area (Å²) in [6.07, 6.45) is 0. The highest BCUT2D eigenvalue weighted by Crippen LogP contribution is 2.42. The van der Waals surface area contributed by atoms with E-state index in [2.05, 4.69) is 299 Å². The summed E-state index contributed by atoms with van der Waals surface area (Å²) in [5.74, 6) is 0. The van der Waals surface area contributed by atoms with E-state index in [9.17, 15) is 0 Å². The van der Waals surface area contributed by atoms with Crippen molar-refractivity contribution < 1.29 is 0 Å². The van der Waals surface area contributed by atoms with Crippen molar-refractivity contribution in [3.8, 4) is 72.7 Å². The summed E-state index contributed by atoms with van der Waals surface area (Å²) in [6, 6.07) is 105. The topological polar surface area (TPSA) is 14.8 Å². The van der Waals surface area contributed by atoms with Crippen molar-refractivity contribution in [3.05, 3.63) is 285 Å². The lowest BCUT2D eigenvalue weighted by atomic mass is 9.96. The Morgan fingerprint density at radius 1 is 0.173 bits per heavy atom. The molecule has 3 nitrogen and oxygen atoms in total. The van der Waals surface area contributed by atoms with Gasteiger partial charge in [0, 0.05) is 49.3 Å². The molecule has 0 amide bonds. The van der Waals surface area contributed by atoms with Crippen LogP contribution in [0.4, 0.5) is 0 Å². The first kappa shape index (κ1) is 42.7. The smallest absolute Gasteiger partial charge is 0.0541 e. The van der Waals surface area contributed by atoms with E-state index in [1.165, 1.54) is 98.8 Å². The van der Waals surface area contributed by atoms with Crippen LogP contribution in [0.5, 0.6) is 0 Å². The SMILES string of the molecule is c1ccc(-c2cccc(-c3cccc(-n4c5ccccc5c5cc(-c6cc(-c7ccc8c(c7)c7ccccc7n8-c7ccccc7-c7ccccc7)cc(-n7c8ccccc8c8ccccc87)c6)ccc54)c3)c2)cc1. The molecule has 0 atom stereocenters. The zero-order valence-electron chi connectivity index (χ0n) is 41.0. The molecule has 15 aromatic rings. The normalized spacial score (nSPS) is 11.7. The molecule has 0 N–H and O–H groups in total. The van der Waals surface area contributed by atoms with Crippen LogP contribution in [0, 0.1) is 0 Å². The van der Waals surface area contributed by atoms with Gasteiger partial charge < -0.3 is 13.7 Å². The van der Waals surface area contributed by atoms with Gasteiger partial charge in [-0.05, 0) is 141 Å². The van der Waals surface area contributed by atoms with Crippen LogP contribution in [-0.4, -0.2) is 13.7 Å². The molecule has 0 aliphatic carbocycles. The van der Waals surface area contributed by atoms with Crippen molar-refractivity contribution >= 4 is 65.4 Å². The maximum absolute atomic E-state index is 2.45. The molecular formula is C72H47N3. The van der Waals surface area contributed by atoms with Gasteiger partial charge in [-0.15, -0.1) is 0 Å². The van der Waals surface area contributed by atoms with E-state index in [1.54, 1.807) is 0 Å². The molecule has 15 rings (SSSR count). The summed E-state index contributed by atoms with van der Waals surface area (Å²) in [6.45, 7) is 0. The molecule has 3 heteroatoms. The minimum atomic E-state index is 1.12. The standard InChI is InChI=1S/C72H47N3/c1-3-19-48(20-4-1)50-23-17-24-51(41-50)52-25-18-26-57(43-52)73-69-35-15-10-30-62(69)64-46-53(37-39-71(64)73)55-42-56(45-58(44-55)74-67-33-13-8-28-60(67)61-29-9-14-34-68(61)74)54-38-40-72-65(47-54)63-31-11-16-36-70(63)75(72)66-32-12-7-27-59(66)49-21-5-2-6-22-49/h1-47H. The van der Waals surface area contributed by atoms with Crippen molar-refractivity contribution in [1.29, 1.82) is 0 Å². The van der Waals surface area contributed by atoms with E-state index in [0.29, 0.717) is 0 Å². The summed E-state index contributed by atoms with van der Waals surface area (Å²) in [5.41, 5.74) is 22.3. The Hall–Kier alpha value is -9.96. The maximum Gasteiger partial charge on any atom is 0.0541 e. The van der Waals surface area contributed by atoms with Crippen LogP contribution in [0.25, 0.3) is 138 Å². The number of rotatable bonds is 8. The van der Waals surface area contributed by atoms with Gasteiger partial charge in [0.25, 0.3) is 0 Å². The lowest BCUT2D eigenvalue weighted by Gasteiger charge is -2.15. The number of hydrogen-bond acceptors (Lipinski definition) is 0. The molecule has 0 saturated heterocycles. The van der Waals surface area contributed by atoms with Crippen molar-refractivity contribution in [1.82, 2.24) is 13.7 Å². The molecule has 12 aromatic carbocycles. The Labute approximate surface area is 434 Å². The fourth-order valence-electron chi connectivity index (χ4n) is 12.0. The highest BCUT2D eigenvalue weighted by molar-refractivity contribution is 6.13. The first-order valence-electron chi connectivity index (χ1n) is 25.8. The fourth-order valence-corrected chi connectivity index (χ4v) is 12.0. The molecule has 0 bridgehead atoms. The molecule has 0 unspecified atom stereocenters. The average Bonchev–Trinajstić information content (AvgIpc) is 4.13. The molecular weight excluding hydrogens is 907 g/mol. The van der Waals surface area contributed by atoms with Crippen LogP contribution in [0.15, 0.2) is 285 Å². The maximum atomic E-state index is 2.45. The van der Waals surface area contributed by atoms with Crippen LogP contribution >= 0.6 is 0 Å². The Kier molecular flexibility index (Phi) is 9.89. The van der Waals surface area contributed by atoms with Gasteiger partial charge in [0.05, 0.1) is 38.8 Å². The van der Waals surface area contributed by atoms with Crippen LogP contribution in [0.3, 0.4) is 0 Å². The fraction of sp³-hybridized carbons (Fsp3) is 0. The summed E-state index contributed by atoms with van der Waals surface area (Å²) in [4.78, 5) is 0. The molecule has 0 radical (unpaired) electrons. The molecule has 3 aromatic heterocycles. The van der Waals surface area contributed by atoms with Gasteiger partial charge in [-0.25, -0.2) is 0 Å². The second-order valence-corrected chi connectivity index (χ2v) is 19.7. The van der Waals surface area contributed by atoms with Gasteiger partial charge in [0.2, 0.25) is 0 Å². The second kappa shape index (κ2) is 17.4. The third-order valence-electron chi connectivity index (χ3n) is 15.4. The van der Waals surface area contributed by atoms with E-state index in [1.807, 2.05) is 0 Å². The summed E-state index contributed by atoms with van der Waals surface area (Å²) in [5, 5.41) is 7.37. The Bertz CT molecular complexity index is 4650. The van der Waals surface area contributed by atoms with Crippen LogP contribution in [0.2, 0.25) is 0 Å². The summed E-state index contributed by atoms with van der Waals surface area (Å²) >= 11 is 0. The number of aromatic nitrogens is 3. The first-order chi connectivity index (χ1) is 37.2. The molecule has 0 aliphatic rings. The van der Waals surface area contributed by atoms with Crippen molar-refractivity contribution in [3.63, 3.8) is 0 Å². The van der Waals surface area contributed by atoms with Crippen molar-refractivity contribution in [2.45, 2.75) is 0 Å². The second-order valence-electron chi connectivity index (χ2n) is 19.7. The van der Waals surface area contributed by atoms with Gasteiger partial charge in [0.15, 0.2) is 0 Å². The zero-order chi connectivity index (χ0) is 49.4. The first-order valence-corrected chi connectivity index (χ1v) is 25.8. The highest BCUT2D eigenvalue weighted by Gasteiger charge is 2.20. The minimum absolute atomic E-state index is 1.12. The zero-order valence-corrected chi connectivity index (χ0v) is 41.0. The lowest BCUT2D eigenvalue weighted by molar-refractivity contribution is 1.18. The number of para-hydroxylation sites is 5. The lowest BCUT2D eigenvalue weighted by Crippen LogP contribution is -1.97. The molecule has 0 spiro atoms. The molecule has 3 heterocycles. The Balaban J connectivity index is 0.915. The Morgan fingerprint density at radius 2 is 0.533 bits per heavy atom. The van der Waals surface area contributed by atoms with E-state index in [4.69, 9.17) is 0 Å². The highest BCUT2D eigenvalue weighted by atomic mass is 15.0. The third-order valence-corrected chi connectivity index (χ3v) is 15.4. The number of hydrogen-bond donors (Lipinski definition) is 0. The van der Waals surface area contributed by atoms with Gasteiger partial charge in [-0.2, -0.15) is 0 Å². The number of nitrogens with zero attached hydrogens (tertiary/aromatic N) is 3. The van der Waals surface area contributed by atoms with Crippen molar-refractivity contribution in [2.24, 2.45) is 0 Å². The number of benzene rings is 12. The molecule has 75 heavy (non-hydrogen) atoms. The van der Waals surface area contributed by atoms with Gasteiger partial charge in [0.1, 0.15) is 0 Å². The molecule has 350 valence electrons. The minimum Gasteiger partial charge on any atom is -0.309 e. The summed E-state index contributed by atoms with van der Waals surface area (Å²) in [7, 11) is 0. The Morgan fingerprint density at radius 3 is 1.12 bits per heavy atom. The van der Waals surface area contributed by atoms with E-state index >= 15 is 0 Å². The van der Waals surface area contributed by atoms with Gasteiger partial charge >= 0.3 is 0 Å².